The molecule has 33 heavy (non-hydrogen) atoms. The van der Waals surface area contributed by atoms with E-state index in [1.54, 1.807) is 0 Å². The van der Waals surface area contributed by atoms with Crippen molar-refractivity contribution in [2.24, 2.45) is 11.8 Å². The zero-order valence-electron chi connectivity index (χ0n) is 20.2. The third-order valence-electron chi connectivity index (χ3n) is 5.91. The number of H-pyrrole nitrogens is 1. The van der Waals surface area contributed by atoms with Gasteiger partial charge in [0, 0.05) is 12.6 Å². The van der Waals surface area contributed by atoms with E-state index in [0.29, 0.717) is 18.5 Å². The second-order valence-electron chi connectivity index (χ2n) is 9.85. The number of nitrogens with one attached hydrogen (secondary N) is 1. The number of amides is 1. The highest BCUT2D eigenvalue weighted by Crippen LogP contribution is 2.28. The van der Waals surface area contributed by atoms with Crippen LogP contribution in [0, 0.1) is 11.8 Å². The number of rotatable bonds is 11. The molecule has 0 aliphatic heterocycles. The van der Waals surface area contributed by atoms with E-state index in [9.17, 15) is 14.4 Å². The molecule has 1 aromatic heterocycles. The van der Waals surface area contributed by atoms with E-state index >= 15 is 0 Å². The van der Waals surface area contributed by atoms with Gasteiger partial charge in [0.15, 0.2) is 5.69 Å². The summed E-state index contributed by atoms with van der Waals surface area (Å²) < 4.78 is 1.32. The molecule has 1 amide bonds. The van der Waals surface area contributed by atoms with Crippen molar-refractivity contribution in [3.63, 3.8) is 0 Å². The Morgan fingerprint density at radius 3 is 2.36 bits per heavy atom. The minimum Gasteiger partial charge on any atom is -0.383 e. The highest BCUT2D eigenvalue weighted by atomic mass is 16.2. The summed E-state index contributed by atoms with van der Waals surface area (Å²) in [4.78, 5) is 45.0. The van der Waals surface area contributed by atoms with Crippen LogP contribution in [0.25, 0.3) is 0 Å². The molecule has 0 radical (unpaired) electrons. The molecule has 3 N–H and O–H groups in total. The Labute approximate surface area is 195 Å². The molecule has 0 bridgehead atoms. The normalized spacial score (nSPS) is 13.8. The zero-order valence-corrected chi connectivity index (χ0v) is 20.2. The third kappa shape index (κ3) is 6.57. The van der Waals surface area contributed by atoms with Gasteiger partial charge >= 0.3 is 5.69 Å². The summed E-state index contributed by atoms with van der Waals surface area (Å²) in [5, 5.41) is 0. The summed E-state index contributed by atoms with van der Waals surface area (Å²) in [5.41, 5.74) is 6.10. The van der Waals surface area contributed by atoms with Gasteiger partial charge in [-0.05, 0) is 43.2 Å². The highest BCUT2D eigenvalue weighted by molar-refractivity contribution is 5.97. The molecule has 0 spiro atoms. The van der Waals surface area contributed by atoms with Gasteiger partial charge in [-0.3, -0.25) is 24.0 Å². The van der Waals surface area contributed by atoms with Gasteiger partial charge in [0.1, 0.15) is 5.82 Å². The Bertz CT molecular complexity index is 1050. The monoisotopic (exact) mass is 455 g/mol. The quantitative estimate of drug-likeness (QED) is 0.542. The van der Waals surface area contributed by atoms with Crippen LogP contribution in [0.4, 0.5) is 11.5 Å². The molecule has 0 saturated heterocycles. The van der Waals surface area contributed by atoms with Gasteiger partial charge < -0.3 is 10.6 Å². The predicted molar refractivity (Wildman–Crippen MR) is 133 cm³/mol. The SMILES string of the molecule is CC(C)CCN(CC(=O)N(CC(C)C)c1c(N)n(Cc2ccccc2)c(=O)[nH]c1=O)C1CC1. The van der Waals surface area contributed by atoms with Crippen molar-refractivity contribution in [3.05, 3.63) is 56.7 Å². The number of nitrogens with zero attached hydrogens (tertiary/aromatic N) is 3. The maximum absolute atomic E-state index is 13.5. The van der Waals surface area contributed by atoms with Crippen LogP contribution < -0.4 is 21.9 Å². The molecule has 180 valence electrons. The number of carbonyl (C=O) groups is 1. The first-order valence-corrected chi connectivity index (χ1v) is 11.9. The van der Waals surface area contributed by atoms with Crippen LogP contribution >= 0.6 is 0 Å². The lowest BCUT2D eigenvalue weighted by molar-refractivity contribution is -0.120. The number of benzene rings is 1. The second-order valence-corrected chi connectivity index (χ2v) is 9.85. The molecule has 1 aliphatic carbocycles. The van der Waals surface area contributed by atoms with E-state index < -0.39 is 11.2 Å². The van der Waals surface area contributed by atoms with Crippen LogP contribution in [-0.2, 0) is 11.3 Å². The fourth-order valence-electron chi connectivity index (χ4n) is 3.96. The Kier molecular flexibility index (Phi) is 8.13. The smallest absolute Gasteiger partial charge is 0.330 e. The number of aromatic amines is 1. The lowest BCUT2D eigenvalue weighted by Gasteiger charge is -2.29. The third-order valence-corrected chi connectivity index (χ3v) is 5.91. The van der Waals surface area contributed by atoms with Gasteiger partial charge in [0.25, 0.3) is 5.56 Å². The van der Waals surface area contributed by atoms with Crippen molar-refractivity contribution in [1.29, 1.82) is 0 Å². The largest absolute Gasteiger partial charge is 0.383 e. The number of hydrogen-bond acceptors (Lipinski definition) is 5. The summed E-state index contributed by atoms with van der Waals surface area (Å²) >= 11 is 0. The van der Waals surface area contributed by atoms with Crippen molar-refractivity contribution in [1.82, 2.24) is 14.5 Å². The van der Waals surface area contributed by atoms with Gasteiger partial charge in [0.2, 0.25) is 5.91 Å². The second kappa shape index (κ2) is 10.8. The van der Waals surface area contributed by atoms with Crippen LogP contribution in [0.15, 0.2) is 39.9 Å². The average Bonchev–Trinajstić information content (AvgIpc) is 3.59. The van der Waals surface area contributed by atoms with Gasteiger partial charge in [-0.25, -0.2) is 4.79 Å². The highest BCUT2D eigenvalue weighted by Gasteiger charge is 2.33. The first-order valence-electron chi connectivity index (χ1n) is 11.9. The number of carbonyl (C=O) groups excluding carboxylic acids is 1. The molecule has 1 heterocycles. The minimum absolute atomic E-state index is 0.0155. The number of nitrogen functional groups attached to an aromatic ring is 1. The van der Waals surface area contributed by atoms with E-state index in [2.05, 4.69) is 23.7 Å². The van der Waals surface area contributed by atoms with Crippen molar-refractivity contribution >= 4 is 17.4 Å². The molecule has 1 saturated carbocycles. The van der Waals surface area contributed by atoms with E-state index in [1.165, 1.54) is 9.47 Å². The fourth-order valence-corrected chi connectivity index (χ4v) is 3.96. The van der Waals surface area contributed by atoms with Crippen molar-refractivity contribution in [2.75, 3.05) is 30.3 Å². The van der Waals surface area contributed by atoms with Crippen LogP contribution in [0.2, 0.25) is 0 Å². The Morgan fingerprint density at radius 2 is 1.79 bits per heavy atom. The molecular weight excluding hydrogens is 418 g/mol. The Balaban J connectivity index is 1.94. The lowest BCUT2D eigenvalue weighted by Crippen LogP contribution is -2.47. The van der Waals surface area contributed by atoms with E-state index in [-0.39, 0.29) is 36.4 Å². The Hall–Kier alpha value is -2.87. The van der Waals surface area contributed by atoms with Crippen LogP contribution in [0.5, 0.6) is 0 Å². The molecule has 0 unspecified atom stereocenters. The number of nitrogens with two attached hydrogens (primary N) is 1. The lowest BCUT2D eigenvalue weighted by atomic mass is 10.1. The molecule has 1 aliphatic rings. The maximum Gasteiger partial charge on any atom is 0.330 e. The molecule has 2 aromatic rings. The van der Waals surface area contributed by atoms with Crippen molar-refractivity contribution < 1.29 is 4.79 Å². The maximum atomic E-state index is 13.5. The summed E-state index contributed by atoms with van der Waals surface area (Å²) in [6.45, 7) is 9.97. The molecule has 3 rings (SSSR count). The van der Waals surface area contributed by atoms with Gasteiger partial charge in [0.05, 0.1) is 13.1 Å². The molecular formula is C25H37N5O3. The van der Waals surface area contributed by atoms with E-state index in [4.69, 9.17) is 5.73 Å². The van der Waals surface area contributed by atoms with Crippen LogP contribution in [0.1, 0.15) is 52.5 Å². The number of aromatic nitrogens is 2. The molecule has 0 atom stereocenters. The standard InChI is InChI=1S/C25H37N5O3/c1-17(2)12-13-28(20-10-11-20)16-21(31)29(14-18(3)4)22-23(26)30(25(33)27-24(22)32)15-19-8-6-5-7-9-19/h5-9,17-18,20H,10-16,26H2,1-4H3,(H,27,32,33). The van der Waals surface area contributed by atoms with E-state index in [0.717, 1.165) is 31.4 Å². The topological polar surface area (TPSA) is 104 Å². The average molecular weight is 456 g/mol. The Morgan fingerprint density at radius 1 is 1.12 bits per heavy atom. The van der Waals surface area contributed by atoms with Gasteiger partial charge in [-0.15, -0.1) is 0 Å². The van der Waals surface area contributed by atoms with Crippen LogP contribution in [0.3, 0.4) is 0 Å². The zero-order chi connectivity index (χ0) is 24.1. The van der Waals surface area contributed by atoms with Crippen molar-refractivity contribution in [3.8, 4) is 0 Å². The van der Waals surface area contributed by atoms with E-state index in [1.807, 2.05) is 44.2 Å². The molecule has 1 fully saturated rings. The van der Waals surface area contributed by atoms with Gasteiger partial charge in [-0.1, -0.05) is 58.0 Å². The first-order chi connectivity index (χ1) is 15.7. The summed E-state index contributed by atoms with van der Waals surface area (Å²) in [6, 6.07) is 9.84. The molecule has 1 aromatic carbocycles. The first kappa shape index (κ1) is 24.8. The van der Waals surface area contributed by atoms with Crippen LogP contribution in [-0.4, -0.2) is 46.0 Å². The van der Waals surface area contributed by atoms with Gasteiger partial charge in [-0.2, -0.15) is 0 Å². The minimum atomic E-state index is -0.629. The molecule has 8 nitrogen and oxygen atoms in total. The predicted octanol–water partition coefficient (Wildman–Crippen LogP) is 2.67. The number of hydrogen-bond donors (Lipinski definition) is 2. The van der Waals surface area contributed by atoms with Crippen molar-refractivity contribution in [2.45, 2.75) is 59.5 Å². The summed E-state index contributed by atoms with van der Waals surface area (Å²) in [6.07, 6.45) is 3.21. The summed E-state index contributed by atoms with van der Waals surface area (Å²) in [7, 11) is 0. The fraction of sp³-hybridized carbons (Fsp3) is 0.560. The summed E-state index contributed by atoms with van der Waals surface area (Å²) in [5.74, 6) is 0.517. The number of anilines is 2. The molecule has 8 heteroatoms.